The van der Waals surface area contributed by atoms with E-state index in [0.717, 1.165) is 13.1 Å². The van der Waals surface area contributed by atoms with Gasteiger partial charge in [-0.25, -0.2) is 0 Å². The highest BCUT2D eigenvalue weighted by Gasteiger charge is 2.24. The summed E-state index contributed by atoms with van der Waals surface area (Å²) in [6.45, 7) is 16.1. The van der Waals surface area contributed by atoms with Crippen LogP contribution in [0.5, 0.6) is 0 Å². The first-order valence-corrected chi connectivity index (χ1v) is 8.00. The first kappa shape index (κ1) is 15.5. The van der Waals surface area contributed by atoms with Crippen LogP contribution in [-0.2, 0) is 6.42 Å². The molecule has 112 valence electrons. The quantitative estimate of drug-likeness (QED) is 0.907. The third-order valence-electron chi connectivity index (χ3n) is 4.64. The van der Waals surface area contributed by atoms with Crippen molar-refractivity contribution in [2.45, 2.75) is 47.1 Å². The minimum absolute atomic E-state index is 0.664. The molecular weight excluding hydrogens is 244 g/mol. The Morgan fingerprint density at radius 1 is 1.05 bits per heavy atom. The van der Waals surface area contributed by atoms with Crippen molar-refractivity contribution >= 4 is 0 Å². The van der Waals surface area contributed by atoms with Crippen molar-refractivity contribution in [2.75, 3.05) is 26.2 Å². The number of rotatable bonds is 4. The van der Waals surface area contributed by atoms with Gasteiger partial charge >= 0.3 is 0 Å². The lowest BCUT2D eigenvalue weighted by molar-refractivity contribution is 0.135. The summed E-state index contributed by atoms with van der Waals surface area (Å²) in [4.78, 5) is 2.68. The number of piperazine rings is 1. The van der Waals surface area contributed by atoms with Gasteiger partial charge in [0, 0.05) is 32.2 Å². The van der Waals surface area contributed by atoms with Crippen LogP contribution in [0.25, 0.3) is 0 Å². The van der Waals surface area contributed by atoms with Gasteiger partial charge in [-0.3, -0.25) is 4.90 Å². The van der Waals surface area contributed by atoms with E-state index in [9.17, 15) is 0 Å². The molecule has 0 aromatic heterocycles. The number of nitrogens with zero attached hydrogens (tertiary/aromatic N) is 1. The third-order valence-corrected chi connectivity index (χ3v) is 4.64. The molecule has 1 fully saturated rings. The summed E-state index contributed by atoms with van der Waals surface area (Å²) in [6.07, 6.45) is 1.19. The molecular formula is C18H30N2. The predicted molar refractivity (Wildman–Crippen MR) is 87.4 cm³/mol. The Morgan fingerprint density at radius 3 is 2.10 bits per heavy atom. The summed E-state index contributed by atoms with van der Waals surface area (Å²) in [6, 6.07) is 5.33. The summed E-state index contributed by atoms with van der Waals surface area (Å²) in [5.41, 5.74) is 5.87. The third kappa shape index (κ3) is 3.62. The van der Waals surface area contributed by atoms with Gasteiger partial charge < -0.3 is 5.32 Å². The Balaban J connectivity index is 2.20. The average molecular weight is 274 g/mol. The fourth-order valence-electron chi connectivity index (χ4n) is 3.54. The largest absolute Gasteiger partial charge is 0.314 e. The average Bonchev–Trinajstić information content (AvgIpc) is 2.38. The Labute approximate surface area is 124 Å². The van der Waals surface area contributed by atoms with Gasteiger partial charge in [0.1, 0.15) is 0 Å². The number of aryl methyl sites for hydroxylation is 3. The van der Waals surface area contributed by atoms with E-state index < -0.39 is 0 Å². The Hall–Kier alpha value is -0.860. The Bertz CT molecular complexity index is 422. The van der Waals surface area contributed by atoms with Gasteiger partial charge in [0.2, 0.25) is 0 Å². The van der Waals surface area contributed by atoms with E-state index in [0.29, 0.717) is 12.0 Å². The van der Waals surface area contributed by atoms with Gasteiger partial charge in [-0.2, -0.15) is 0 Å². The van der Waals surface area contributed by atoms with Crippen LogP contribution in [0, 0.1) is 26.7 Å². The second kappa shape index (κ2) is 6.73. The van der Waals surface area contributed by atoms with E-state index in [2.05, 4.69) is 57.0 Å². The van der Waals surface area contributed by atoms with Crippen LogP contribution in [0.2, 0.25) is 0 Å². The first-order chi connectivity index (χ1) is 9.49. The minimum Gasteiger partial charge on any atom is -0.314 e. The highest BCUT2D eigenvalue weighted by molar-refractivity contribution is 5.38. The van der Waals surface area contributed by atoms with Crippen LogP contribution in [0.4, 0.5) is 0 Å². The second-order valence-electron chi connectivity index (χ2n) is 6.68. The van der Waals surface area contributed by atoms with E-state index in [-0.39, 0.29) is 0 Å². The molecule has 2 nitrogen and oxygen atoms in total. The van der Waals surface area contributed by atoms with Crippen molar-refractivity contribution in [1.29, 1.82) is 0 Å². The zero-order chi connectivity index (χ0) is 14.7. The summed E-state index contributed by atoms with van der Waals surface area (Å²) in [5, 5.41) is 3.46. The molecule has 1 atom stereocenters. The lowest BCUT2D eigenvalue weighted by Gasteiger charge is -2.38. The molecule has 1 aromatic rings. The van der Waals surface area contributed by atoms with Crippen LogP contribution < -0.4 is 5.32 Å². The van der Waals surface area contributed by atoms with Gasteiger partial charge in [0.05, 0.1) is 0 Å². The fourth-order valence-corrected chi connectivity index (χ4v) is 3.54. The van der Waals surface area contributed by atoms with Gasteiger partial charge in [-0.05, 0) is 49.8 Å². The molecule has 0 radical (unpaired) electrons. The molecule has 2 heteroatoms. The zero-order valence-electron chi connectivity index (χ0n) is 13.8. The number of nitrogens with one attached hydrogen (secondary N) is 1. The second-order valence-corrected chi connectivity index (χ2v) is 6.68. The molecule has 1 aliphatic rings. The van der Waals surface area contributed by atoms with Crippen LogP contribution >= 0.6 is 0 Å². The summed E-state index contributed by atoms with van der Waals surface area (Å²) < 4.78 is 0. The molecule has 1 heterocycles. The summed E-state index contributed by atoms with van der Waals surface area (Å²) >= 11 is 0. The molecule has 1 N–H and O–H groups in total. The normalized spacial score (nSPS) is 18.5. The molecule has 0 spiro atoms. The molecule has 2 rings (SSSR count). The van der Waals surface area contributed by atoms with Crippen molar-refractivity contribution in [3.8, 4) is 0 Å². The van der Waals surface area contributed by atoms with Crippen molar-refractivity contribution in [1.82, 2.24) is 10.2 Å². The molecule has 1 aliphatic heterocycles. The highest BCUT2D eigenvalue weighted by atomic mass is 15.2. The van der Waals surface area contributed by atoms with E-state index in [4.69, 9.17) is 0 Å². The molecule has 20 heavy (non-hydrogen) atoms. The molecule has 1 aromatic carbocycles. The number of benzene rings is 1. The molecule has 1 unspecified atom stereocenters. The van der Waals surface area contributed by atoms with E-state index in [1.807, 2.05) is 0 Å². The van der Waals surface area contributed by atoms with Crippen LogP contribution in [0.3, 0.4) is 0 Å². The topological polar surface area (TPSA) is 15.3 Å². The van der Waals surface area contributed by atoms with Crippen molar-refractivity contribution in [3.63, 3.8) is 0 Å². The highest BCUT2D eigenvalue weighted by Crippen LogP contribution is 2.23. The lowest BCUT2D eigenvalue weighted by atomic mass is 9.89. The maximum Gasteiger partial charge on any atom is 0.0160 e. The van der Waals surface area contributed by atoms with Gasteiger partial charge in [-0.15, -0.1) is 0 Å². The Morgan fingerprint density at radius 2 is 1.60 bits per heavy atom. The molecule has 0 saturated carbocycles. The van der Waals surface area contributed by atoms with Gasteiger partial charge in [0.25, 0.3) is 0 Å². The fraction of sp³-hybridized carbons (Fsp3) is 0.667. The minimum atomic E-state index is 0.664. The van der Waals surface area contributed by atoms with Crippen LogP contribution in [0.1, 0.15) is 36.1 Å². The molecule has 0 bridgehead atoms. The Kier molecular flexibility index (Phi) is 5.22. The van der Waals surface area contributed by atoms with Crippen LogP contribution in [-0.4, -0.2) is 37.1 Å². The molecule has 1 saturated heterocycles. The maximum absolute atomic E-state index is 3.46. The van der Waals surface area contributed by atoms with Crippen molar-refractivity contribution in [2.24, 2.45) is 5.92 Å². The molecule has 0 aliphatic carbocycles. The SMILES string of the molecule is Cc1cc(C)c(CC(C(C)C)N2CCNCC2)c(C)c1. The van der Waals surface area contributed by atoms with E-state index in [1.165, 1.54) is 36.2 Å². The number of hydrogen-bond acceptors (Lipinski definition) is 2. The summed E-state index contributed by atoms with van der Waals surface area (Å²) in [7, 11) is 0. The maximum atomic E-state index is 3.46. The van der Waals surface area contributed by atoms with Gasteiger partial charge in [-0.1, -0.05) is 31.5 Å². The molecule has 0 amide bonds. The smallest absolute Gasteiger partial charge is 0.0160 e. The number of hydrogen-bond donors (Lipinski definition) is 1. The van der Waals surface area contributed by atoms with E-state index in [1.54, 1.807) is 5.56 Å². The zero-order valence-corrected chi connectivity index (χ0v) is 13.8. The van der Waals surface area contributed by atoms with Crippen molar-refractivity contribution < 1.29 is 0 Å². The monoisotopic (exact) mass is 274 g/mol. The lowest BCUT2D eigenvalue weighted by Crippen LogP contribution is -2.51. The van der Waals surface area contributed by atoms with Crippen LogP contribution in [0.15, 0.2) is 12.1 Å². The van der Waals surface area contributed by atoms with Gasteiger partial charge in [0.15, 0.2) is 0 Å². The van der Waals surface area contributed by atoms with Crippen molar-refractivity contribution in [3.05, 3.63) is 34.4 Å². The summed E-state index contributed by atoms with van der Waals surface area (Å²) in [5.74, 6) is 0.702. The predicted octanol–water partition coefficient (Wildman–Crippen LogP) is 3.08. The standard InChI is InChI=1S/C18H30N2/c1-13(2)18(20-8-6-19-7-9-20)12-17-15(4)10-14(3)11-16(17)5/h10-11,13,18-19H,6-9,12H2,1-5H3. The first-order valence-electron chi connectivity index (χ1n) is 8.00. The van der Waals surface area contributed by atoms with E-state index >= 15 is 0 Å².